The van der Waals surface area contributed by atoms with E-state index in [0.29, 0.717) is 6.61 Å². The molecule has 0 fully saturated rings. The van der Waals surface area contributed by atoms with Crippen molar-refractivity contribution in [1.29, 1.82) is 0 Å². The van der Waals surface area contributed by atoms with Gasteiger partial charge in [0.05, 0.1) is 17.7 Å². The molecule has 0 atom stereocenters. The maximum absolute atomic E-state index is 4.97. The van der Waals surface area contributed by atoms with Gasteiger partial charge in [-0.05, 0) is 0 Å². The molecule has 0 aliphatic heterocycles. The summed E-state index contributed by atoms with van der Waals surface area (Å²) in [6, 6.07) is 0. The quantitative estimate of drug-likeness (QED) is 0.816. The number of methoxy groups -OCH3 is 1. The van der Waals surface area contributed by atoms with E-state index in [4.69, 9.17) is 4.74 Å². The van der Waals surface area contributed by atoms with Crippen molar-refractivity contribution in [3.8, 4) is 9.88 Å². The highest BCUT2D eigenvalue weighted by molar-refractivity contribution is 7.25. The van der Waals surface area contributed by atoms with E-state index in [9.17, 15) is 0 Å². The number of rotatable bonds is 6. The van der Waals surface area contributed by atoms with Crippen LogP contribution in [0.2, 0.25) is 0 Å². The molecule has 2 aromatic heterocycles. The van der Waals surface area contributed by atoms with E-state index < -0.39 is 0 Å². The van der Waals surface area contributed by atoms with Gasteiger partial charge in [-0.25, -0.2) is 4.98 Å². The first kappa shape index (κ1) is 13.2. The lowest BCUT2D eigenvalue weighted by atomic mass is 10.6. The van der Waals surface area contributed by atoms with E-state index >= 15 is 0 Å². The Balaban J connectivity index is 2.04. The fourth-order valence-electron chi connectivity index (χ4n) is 1.22. The number of ether oxygens (including phenoxy) is 1. The SMILES string of the molecule is COCCNc1nnc(-c2cnc(N(C)C)s2)s1. The number of thiazole rings is 1. The third-order valence-electron chi connectivity index (χ3n) is 2.09. The van der Waals surface area contributed by atoms with Gasteiger partial charge in [0.15, 0.2) is 10.1 Å². The summed E-state index contributed by atoms with van der Waals surface area (Å²) in [6.07, 6.45) is 1.83. The predicted octanol–water partition coefficient (Wildman–Crippen LogP) is 1.79. The number of nitrogens with one attached hydrogen (secondary N) is 1. The van der Waals surface area contributed by atoms with Crippen molar-refractivity contribution < 1.29 is 4.74 Å². The highest BCUT2D eigenvalue weighted by atomic mass is 32.1. The summed E-state index contributed by atoms with van der Waals surface area (Å²) in [4.78, 5) is 7.34. The zero-order valence-electron chi connectivity index (χ0n) is 10.5. The van der Waals surface area contributed by atoms with Crippen molar-refractivity contribution in [3.05, 3.63) is 6.20 Å². The van der Waals surface area contributed by atoms with E-state index in [1.807, 2.05) is 25.2 Å². The molecule has 0 amide bonds. The van der Waals surface area contributed by atoms with Crippen molar-refractivity contribution in [2.24, 2.45) is 0 Å². The van der Waals surface area contributed by atoms with Gasteiger partial charge in [0.1, 0.15) is 0 Å². The summed E-state index contributed by atoms with van der Waals surface area (Å²) in [6.45, 7) is 1.39. The second-order valence-corrected chi connectivity index (χ2v) is 5.72. The van der Waals surface area contributed by atoms with Gasteiger partial charge in [0.2, 0.25) is 5.13 Å². The van der Waals surface area contributed by atoms with Crippen LogP contribution in [0.1, 0.15) is 0 Å². The van der Waals surface area contributed by atoms with Gasteiger partial charge in [-0.3, -0.25) is 0 Å². The van der Waals surface area contributed by atoms with Gasteiger partial charge in [-0.2, -0.15) is 0 Å². The standard InChI is InChI=1S/C10H15N5OS2/c1-15(2)10-12-6-7(17-10)8-13-14-9(18-8)11-4-5-16-3/h6H,4-5H2,1-3H3,(H,11,14). The zero-order valence-corrected chi connectivity index (χ0v) is 12.1. The third-order valence-corrected chi connectivity index (χ3v) is 4.31. The Labute approximate surface area is 114 Å². The summed E-state index contributed by atoms with van der Waals surface area (Å²) in [5.41, 5.74) is 0. The van der Waals surface area contributed by atoms with Crippen molar-refractivity contribution in [1.82, 2.24) is 15.2 Å². The van der Waals surface area contributed by atoms with Crippen molar-refractivity contribution in [2.45, 2.75) is 0 Å². The molecule has 6 nitrogen and oxygen atoms in total. The van der Waals surface area contributed by atoms with Gasteiger partial charge in [0, 0.05) is 27.7 Å². The zero-order chi connectivity index (χ0) is 13.0. The maximum Gasteiger partial charge on any atom is 0.206 e. The molecule has 0 aromatic carbocycles. The highest BCUT2D eigenvalue weighted by Gasteiger charge is 2.11. The van der Waals surface area contributed by atoms with Crippen LogP contribution in [0.15, 0.2) is 6.20 Å². The summed E-state index contributed by atoms with van der Waals surface area (Å²) in [5.74, 6) is 0. The average Bonchev–Trinajstić information content (AvgIpc) is 2.97. The minimum absolute atomic E-state index is 0.653. The molecule has 0 radical (unpaired) electrons. The van der Waals surface area contributed by atoms with Crippen LogP contribution in [0, 0.1) is 0 Å². The van der Waals surface area contributed by atoms with Crippen LogP contribution in [0.25, 0.3) is 9.88 Å². The molecule has 98 valence electrons. The molecule has 18 heavy (non-hydrogen) atoms. The fraction of sp³-hybridized carbons (Fsp3) is 0.500. The largest absolute Gasteiger partial charge is 0.383 e. The summed E-state index contributed by atoms with van der Waals surface area (Å²) in [7, 11) is 5.62. The first-order chi connectivity index (χ1) is 8.70. The van der Waals surface area contributed by atoms with E-state index in [1.165, 1.54) is 11.3 Å². The van der Waals surface area contributed by atoms with Crippen LogP contribution in [-0.2, 0) is 4.74 Å². The Kier molecular flexibility index (Phi) is 4.45. The molecule has 0 aliphatic rings. The molecule has 0 saturated carbocycles. The Bertz CT molecular complexity index is 496. The van der Waals surface area contributed by atoms with Crippen LogP contribution in [0.4, 0.5) is 10.3 Å². The normalized spacial score (nSPS) is 10.6. The lowest BCUT2D eigenvalue weighted by Crippen LogP contribution is -2.07. The number of anilines is 2. The number of hydrogen-bond acceptors (Lipinski definition) is 8. The van der Waals surface area contributed by atoms with Crippen LogP contribution in [-0.4, -0.2) is 49.5 Å². The van der Waals surface area contributed by atoms with Crippen molar-refractivity contribution >= 4 is 32.9 Å². The minimum atomic E-state index is 0.653. The molecule has 0 spiro atoms. The smallest absolute Gasteiger partial charge is 0.206 e. The van der Waals surface area contributed by atoms with Crippen molar-refractivity contribution in [3.63, 3.8) is 0 Å². The Morgan fingerprint density at radius 2 is 2.17 bits per heavy atom. The molecule has 2 heterocycles. The molecule has 0 bridgehead atoms. The molecule has 1 N–H and O–H groups in total. The molecule has 2 rings (SSSR count). The number of hydrogen-bond donors (Lipinski definition) is 1. The van der Waals surface area contributed by atoms with Crippen LogP contribution in [0.3, 0.4) is 0 Å². The Morgan fingerprint density at radius 3 is 2.83 bits per heavy atom. The molecular formula is C10H15N5OS2. The highest BCUT2D eigenvalue weighted by Crippen LogP contribution is 2.33. The van der Waals surface area contributed by atoms with E-state index in [2.05, 4.69) is 20.5 Å². The third kappa shape index (κ3) is 3.15. The number of aromatic nitrogens is 3. The maximum atomic E-state index is 4.97. The Hall–Kier alpha value is -1.25. The first-order valence-corrected chi connectivity index (χ1v) is 7.04. The molecule has 2 aromatic rings. The monoisotopic (exact) mass is 285 g/mol. The predicted molar refractivity (Wildman–Crippen MR) is 75.7 cm³/mol. The lowest BCUT2D eigenvalue weighted by molar-refractivity contribution is 0.211. The van der Waals surface area contributed by atoms with Gasteiger partial charge >= 0.3 is 0 Å². The Morgan fingerprint density at radius 1 is 1.33 bits per heavy atom. The first-order valence-electron chi connectivity index (χ1n) is 5.40. The van der Waals surface area contributed by atoms with E-state index in [1.54, 1.807) is 18.4 Å². The van der Waals surface area contributed by atoms with E-state index in [-0.39, 0.29) is 0 Å². The topological polar surface area (TPSA) is 63.2 Å². The van der Waals surface area contributed by atoms with Crippen LogP contribution in [0.5, 0.6) is 0 Å². The van der Waals surface area contributed by atoms with Gasteiger partial charge < -0.3 is 15.0 Å². The minimum Gasteiger partial charge on any atom is -0.383 e. The second kappa shape index (κ2) is 6.07. The molecule has 0 saturated heterocycles. The molecule has 0 aliphatic carbocycles. The molecule has 0 unspecified atom stereocenters. The number of nitrogens with zero attached hydrogens (tertiary/aromatic N) is 4. The van der Waals surface area contributed by atoms with Gasteiger partial charge in [-0.1, -0.05) is 22.7 Å². The van der Waals surface area contributed by atoms with Crippen LogP contribution < -0.4 is 10.2 Å². The van der Waals surface area contributed by atoms with Gasteiger partial charge in [0.25, 0.3) is 0 Å². The fourth-order valence-corrected chi connectivity index (χ4v) is 2.87. The van der Waals surface area contributed by atoms with E-state index in [0.717, 1.165) is 26.7 Å². The summed E-state index contributed by atoms with van der Waals surface area (Å²) in [5, 5.41) is 14.1. The average molecular weight is 285 g/mol. The van der Waals surface area contributed by atoms with Gasteiger partial charge in [-0.15, -0.1) is 10.2 Å². The summed E-state index contributed by atoms with van der Waals surface area (Å²) < 4.78 is 4.97. The van der Waals surface area contributed by atoms with Crippen molar-refractivity contribution in [2.75, 3.05) is 44.6 Å². The second-order valence-electron chi connectivity index (χ2n) is 3.73. The molecular weight excluding hydrogens is 270 g/mol. The summed E-state index contributed by atoms with van der Waals surface area (Å²) >= 11 is 3.13. The lowest BCUT2D eigenvalue weighted by Gasteiger charge is -2.04. The van der Waals surface area contributed by atoms with Crippen LogP contribution >= 0.6 is 22.7 Å². The molecule has 8 heteroatoms.